The first-order valence-corrected chi connectivity index (χ1v) is 16.5. The quantitative estimate of drug-likeness (QED) is 0.0713. The van der Waals surface area contributed by atoms with Crippen molar-refractivity contribution in [1.29, 1.82) is 0 Å². The predicted molar refractivity (Wildman–Crippen MR) is 194 cm³/mol. The van der Waals surface area contributed by atoms with Crippen LogP contribution in [0.4, 0.5) is 21.1 Å². The van der Waals surface area contributed by atoms with Crippen LogP contribution in [-0.4, -0.2) is 52.2 Å². The highest BCUT2D eigenvalue weighted by Crippen LogP contribution is 2.36. The van der Waals surface area contributed by atoms with Gasteiger partial charge in [0.2, 0.25) is 5.96 Å². The molecule has 0 saturated heterocycles. The molecule has 0 spiro atoms. The number of anilines is 2. The van der Waals surface area contributed by atoms with Gasteiger partial charge in [-0.15, -0.1) is 4.99 Å². The SMILES string of the molecule is Cn1ncc(N(CCCCNC(c2ccccc2)(c2ccccc2)c2ccccc2)C(=NC(=O)OC(C)(C)C)NC(=O)OC(C)(C)C)c1N. The number of nitrogens with zero attached hydrogens (tertiary/aromatic N) is 4. The Morgan fingerprint density at radius 1 is 0.796 bits per heavy atom. The molecular formula is C38H49N7O4. The van der Waals surface area contributed by atoms with Crippen molar-refractivity contribution in [3.63, 3.8) is 0 Å². The molecule has 0 fully saturated rings. The third kappa shape index (κ3) is 9.93. The first-order valence-electron chi connectivity index (χ1n) is 16.5. The third-order valence-electron chi connectivity index (χ3n) is 7.53. The number of nitrogens with two attached hydrogens (primary N) is 1. The molecule has 0 aliphatic rings. The number of aliphatic imine (C=N–C) groups is 1. The Bertz CT molecular complexity index is 1600. The van der Waals surface area contributed by atoms with Crippen molar-refractivity contribution >= 4 is 29.7 Å². The molecule has 0 saturated carbocycles. The fourth-order valence-corrected chi connectivity index (χ4v) is 5.45. The van der Waals surface area contributed by atoms with Crippen molar-refractivity contribution in [2.24, 2.45) is 12.0 Å². The molecule has 2 amide bonds. The highest BCUT2D eigenvalue weighted by molar-refractivity contribution is 6.08. The fraction of sp³-hybridized carbons (Fsp3) is 0.368. The number of carbonyl (C=O) groups excluding carboxylic acids is 2. The van der Waals surface area contributed by atoms with E-state index in [1.807, 2.05) is 18.2 Å². The zero-order chi connectivity index (χ0) is 35.7. The average Bonchev–Trinajstić information content (AvgIpc) is 3.37. The lowest BCUT2D eigenvalue weighted by Crippen LogP contribution is -2.48. The number of carbonyl (C=O) groups is 2. The van der Waals surface area contributed by atoms with E-state index >= 15 is 0 Å². The molecule has 11 nitrogen and oxygen atoms in total. The first kappa shape index (κ1) is 36.7. The third-order valence-corrected chi connectivity index (χ3v) is 7.53. The summed E-state index contributed by atoms with van der Waals surface area (Å²) >= 11 is 0. The maximum absolute atomic E-state index is 13.0. The lowest BCUT2D eigenvalue weighted by Gasteiger charge is -2.37. The van der Waals surface area contributed by atoms with Crippen molar-refractivity contribution in [2.75, 3.05) is 23.7 Å². The minimum absolute atomic E-state index is 0.0802. The van der Waals surface area contributed by atoms with Crippen molar-refractivity contribution in [1.82, 2.24) is 20.4 Å². The molecule has 3 aromatic carbocycles. The summed E-state index contributed by atoms with van der Waals surface area (Å²) in [5.41, 5.74) is 8.04. The van der Waals surface area contributed by atoms with Crippen LogP contribution in [0.5, 0.6) is 0 Å². The minimum Gasteiger partial charge on any atom is -0.444 e. The van der Waals surface area contributed by atoms with Crippen LogP contribution in [0, 0.1) is 0 Å². The minimum atomic E-state index is -0.869. The largest absolute Gasteiger partial charge is 0.444 e. The number of nitrogens with one attached hydrogen (secondary N) is 2. The molecule has 4 aromatic rings. The molecule has 1 aromatic heterocycles. The molecule has 0 bridgehead atoms. The van der Waals surface area contributed by atoms with E-state index in [-0.39, 0.29) is 5.96 Å². The summed E-state index contributed by atoms with van der Waals surface area (Å²) in [6, 6.07) is 31.2. The van der Waals surface area contributed by atoms with Gasteiger partial charge in [-0.2, -0.15) is 5.10 Å². The van der Waals surface area contributed by atoms with Gasteiger partial charge >= 0.3 is 12.2 Å². The number of aryl methyl sites for hydroxylation is 1. The van der Waals surface area contributed by atoms with Crippen LogP contribution in [0.2, 0.25) is 0 Å². The van der Waals surface area contributed by atoms with Crippen molar-refractivity contribution in [2.45, 2.75) is 71.1 Å². The normalized spacial score (nSPS) is 12.3. The number of unbranched alkanes of at least 4 members (excludes halogenated alkanes) is 1. The molecule has 0 radical (unpaired) electrons. The van der Waals surface area contributed by atoms with E-state index in [0.29, 0.717) is 31.0 Å². The molecule has 260 valence electrons. The zero-order valence-corrected chi connectivity index (χ0v) is 29.6. The van der Waals surface area contributed by atoms with Gasteiger partial charge < -0.3 is 20.1 Å². The van der Waals surface area contributed by atoms with E-state index in [9.17, 15) is 9.59 Å². The van der Waals surface area contributed by atoms with Crippen LogP contribution in [0.15, 0.2) is 102 Å². The second-order valence-electron chi connectivity index (χ2n) is 13.7. The molecule has 0 aliphatic carbocycles. The second-order valence-corrected chi connectivity index (χ2v) is 13.7. The van der Waals surface area contributed by atoms with Gasteiger partial charge in [-0.1, -0.05) is 91.0 Å². The van der Waals surface area contributed by atoms with Crippen LogP contribution < -0.4 is 21.3 Å². The maximum atomic E-state index is 13.0. The number of alkyl carbamates (subject to hydrolysis) is 1. The number of amides is 2. The molecule has 4 rings (SSSR count). The molecular weight excluding hydrogens is 618 g/mol. The van der Waals surface area contributed by atoms with Crippen molar-refractivity contribution in [3.05, 3.63) is 114 Å². The Morgan fingerprint density at radius 3 is 1.71 bits per heavy atom. The number of benzene rings is 3. The Labute approximate surface area is 289 Å². The number of guanidine groups is 1. The Balaban J connectivity index is 1.63. The summed E-state index contributed by atoms with van der Waals surface area (Å²) in [7, 11) is 1.71. The van der Waals surface area contributed by atoms with E-state index in [2.05, 4.69) is 93.5 Å². The molecule has 0 unspecified atom stereocenters. The number of rotatable bonds is 10. The summed E-state index contributed by atoms with van der Waals surface area (Å²) in [6.45, 7) is 11.4. The summed E-state index contributed by atoms with van der Waals surface area (Å²) in [6.07, 6.45) is 1.27. The Hall–Kier alpha value is -5.16. The van der Waals surface area contributed by atoms with Gasteiger partial charge in [-0.25, -0.2) is 9.59 Å². The Morgan fingerprint density at radius 2 is 1.29 bits per heavy atom. The lowest BCUT2D eigenvalue weighted by atomic mass is 9.77. The van der Waals surface area contributed by atoms with Gasteiger partial charge in [-0.3, -0.25) is 15.3 Å². The molecule has 0 aliphatic heterocycles. The monoisotopic (exact) mass is 667 g/mol. The van der Waals surface area contributed by atoms with Gasteiger partial charge in [0.25, 0.3) is 0 Å². The van der Waals surface area contributed by atoms with Crippen LogP contribution in [0.1, 0.15) is 71.1 Å². The van der Waals surface area contributed by atoms with Gasteiger partial charge in [0.1, 0.15) is 22.7 Å². The number of ether oxygens (including phenoxy) is 2. The van der Waals surface area contributed by atoms with Gasteiger partial charge in [0.15, 0.2) is 0 Å². The van der Waals surface area contributed by atoms with E-state index in [1.165, 1.54) is 4.68 Å². The Kier molecular flexibility index (Phi) is 11.8. The van der Waals surface area contributed by atoms with Crippen LogP contribution in [0.3, 0.4) is 0 Å². The van der Waals surface area contributed by atoms with Gasteiger partial charge in [0.05, 0.1) is 11.7 Å². The molecule has 49 heavy (non-hydrogen) atoms. The van der Waals surface area contributed by atoms with Gasteiger partial charge in [0, 0.05) is 13.6 Å². The topological polar surface area (TPSA) is 136 Å². The number of hydrogen-bond donors (Lipinski definition) is 3. The highest BCUT2D eigenvalue weighted by Gasteiger charge is 2.35. The van der Waals surface area contributed by atoms with Crippen LogP contribution >= 0.6 is 0 Å². The summed E-state index contributed by atoms with van der Waals surface area (Å²) in [5, 5.41) is 10.9. The van der Waals surface area contributed by atoms with Crippen LogP contribution in [-0.2, 0) is 22.1 Å². The van der Waals surface area contributed by atoms with E-state index in [1.54, 1.807) is 59.7 Å². The molecule has 0 atom stereocenters. The molecule has 4 N–H and O–H groups in total. The second kappa shape index (κ2) is 15.8. The standard InChI is InChI=1S/C38H49N7O4/c1-36(2,3)48-34(46)42-33(43-35(47)49-37(4,5)6)45(31-27-41-44(7)32(31)39)26-18-17-25-40-38(28-19-11-8-12-20-28,29-21-13-9-14-22-29)30-23-15-10-16-24-30/h8-16,19-24,27,40H,17-18,25-26,39H2,1-7H3,(H,42,43,46,47). The molecule has 1 heterocycles. The fourth-order valence-electron chi connectivity index (χ4n) is 5.45. The van der Waals surface area contributed by atoms with Gasteiger partial charge in [-0.05, 0) is 77.6 Å². The summed E-state index contributed by atoms with van der Waals surface area (Å²) < 4.78 is 12.5. The molecule has 11 heteroatoms. The van der Waals surface area contributed by atoms with Crippen molar-refractivity contribution in [3.8, 4) is 0 Å². The predicted octanol–water partition coefficient (Wildman–Crippen LogP) is 6.99. The smallest absolute Gasteiger partial charge is 0.437 e. The zero-order valence-electron chi connectivity index (χ0n) is 29.6. The summed E-state index contributed by atoms with van der Waals surface area (Å²) in [4.78, 5) is 31.8. The lowest BCUT2D eigenvalue weighted by molar-refractivity contribution is 0.0561. The number of hydrogen-bond acceptors (Lipinski definition) is 7. The number of aromatic nitrogens is 2. The van der Waals surface area contributed by atoms with Crippen LogP contribution in [0.25, 0.3) is 0 Å². The van der Waals surface area contributed by atoms with Crippen molar-refractivity contribution < 1.29 is 19.1 Å². The highest BCUT2D eigenvalue weighted by atomic mass is 16.6. The summed E-state index contributed by atoms with van der Waals surface area (Å²) in [5.74, 6) is 0.251. The first-order chi connectivity index (χ1) is 23.2. The maximum Gasteiger partial charge on any atom is 0.437 e. The average molecular weight is 668 g/mol. The van der Waals surface area contributed by atoms with E-state index in [0.717, 1.165) is 23.1 Å². The van der Waals surface area contributed by atoms with E-state index in [4.69, 9.17) is 15.2 Å². The number of nitrogen functional groups attached to an aromatic ring is 1. The van der Waals surface area contributed by atoms with E-state index < -0.39 is 28.9 Å².